The van der Waals surface area contributed by atoms with Crippen molar-refractivity contribution in [3.05, 3.63) is 0 Å². The van der Waals surface area contributed by atoms with Gasteiger partial charge in [-0.25, -0.2) is 0 Å². The number of ether oxygens (including phenoxy) is 1. The van der Waals surface area contributed by atoms with E-state index in [9.17, 15) is 14.4 Å². The van der Waals surface area contributed by atoms with Crippen molar-refractivity contribution >= 4 is 17.5 Å². The van der Waals surface area contributed by atoms with Crippen LogP contribution in [0.1, 0.15) is 79.1 Å². The molecular weight excluding hydrogens is 328 g/mol. The van der Waals surface area contributed by atoms with E-state index in [1.165, 1.54) is 6.92 Å². The molecule has 0 aliphatic heterocycles. The number of Topliss-reactive ketones (excluding diaryl/α,β-unsaturated/α-hetero) is 2. The van der Waals surface area contributed by atoms with Crippen molar-refractivity contribution in [1.29, 1.82) is 0 Å². The van der Waals surface area contributed by atoms with E-state index >= 15 is 0 Å². The van der Waals surface area contributed by atoms with Gasteiger partial charge in [-0.3, -0.25) is 14.4 Å². The first kappa shape index (κ1) is 18.2. The molecule has 0 heterocycles. The molecule has 4 rings (SSSR count). The highest BCUT2D eigenvalue weighted by Crippen LogP contribution is 2.68. The van der Waals surface area contributed by atoms with Crippen molar-refractivity contribution in [2.75, 3.05) is 0 Å². The van der Waals surface area contributed by atoms with Gasteiger partial charge in [-0.15, -0.1) is 0 Å². The molecular formula is C22H32O4. The fourth-order valence-electron chi connectivity index (χ4n) is 7.49. The molecule has 0 aromatic heterocycles. The van der Waals surface area contributed by atoms with Gasteiger partial charge in [0.25, 0.3) is 0 Å². The number of hydrogen-bond acceptors (Lipinski definition) is 4. The summed E-state index contributed by atoms with van der Waals surface area (Å²) >= 11 is 0. The predicted octanol–water partition coefficient (Wildman–Crippen LogP) is 4.10. The van der Waals surface area contributed by atoms with Gasteiger partial charge in [-0.2, -0.15) is 0 Å². The first-order valence-electron chi connectivity index (χ1n) is 10.3. The first-order valence-corrected chi connectivity index (χ1v) is 10.3. The normalized spacial score (nSPS) is 50.6. The maximum absolute atomic E-state index is 13.3. The van der Waals surface area contributed by atoms with Crippen LogP contribution < -0.4 is 0 Å². The molecule has 0 N–H and O–H groups in total. The smallest absolute Gasteiger partial charge is 0.302 e. The molecule has 4 fully saturated rings. The Labute approximate surface area is 156 Å². The average molecular weight is 360 g/mol. The Balaban J connectivity index is 1.66. The molecule has 26 heavy (non-hydrogen) atoms. The molecule has 4 aliphatic carbocycles. The third kappa shape index (κ3) is 2.29. The zero-order valence-electron chi connectivity index (χ0n) is 16.6. The highest BCUT2D eigenvalue weighted by atomic mass is 16.5. The monoisotopic (exact) mass is 360 g/mol. The van der Waals surface area contributed by atoms with Gasteiger partial charge in [0.2, 0.25) is 0 Å². The van der Waals surface area contributed by atoms with Crippen molar-refractivity contribution in [1.82, 2.24) is 0 Å². The van der Waals surface area contributed by atoms with Gasteiger partial charge in [0.05, 0.1) is 0 Å². The summed E-state index contributed by atoms with van der Waals surface area (Å²) in [7, 11) is 0. The Morgan fingerprint density at radius 3 is 2.50 bits per heavy atom. The predicted molar refractivity (Wildman–Crippen MR) is 97.3 cm³/mol. The quantitative estimate of drug-likeness (QED) is 0.661. The average Bonchev–Trinajstić information content (AvgIpc) is 2.82. The summed E-state index contributed by atoms with van der Waals surface area (Å²) in [4.78, 5) is 37.3. The second-order valence-electron chi connectivity index (χ2n) is 10.3. The maximum atomic E-state index is 13.3. The number of esters is 1. The van der Waals surface area contributed by atoms with E-state index in [4.69, 9.17) is 4.74 Å². The Hall–Kier alpha value is -1.19. The summed E-state index contributed by atoms with van der Waals surface area (Å²) < 4.78 is 5.54. The first-order chi connectivity index (χ1) is 12.1. The largest absolute Gasteiger partial charge is 0.463 e. The zero-order valence-corrected chi connectivity index (χ0v) is 16.6. The van der Waals surface area contributed by atoms with E-state index in [1.807, 2.05) is 0 Å². The van der Waals surface area contributed by atoms with Gasteiger partial charge in [-0.05, 0) is 61.2 Å². The van der Waals surface area contributed by atoms with E-state index in [0.29, 0.717) is 36.2 Å². The van der Waals surface area contributed by atoms with Crippen molar-refractivity contribution in [3.8, 4) is 0 Å². The molecule has 0 radical (unpaired) electrons. The van der Waals surface area contributed by atoms with Gasteiger partial charge < -0.3 is 4.74 Å². The number of carbonyl (C=O) groups excluding carboxylic acids is 3. The number of carbonyl (C=O) groups is 3. The third-order valence-electron chi connectivity index (χ3n) is 9.06. The summed E-state index contributed by atoms with van der Waals surface area (Å²) in [6.07, 6.45) is 6.79. The van der Waals surface area contributed by atoms with Crippen LogP contribution in [0, 0.1) is 34.0 Å². The molecule has 0 unspecified atom stereocenters. The number of hydrogen-bond donors (Lipinski definition) is 0. The molecule has 4 heteroatoms. The van der Waals surface area contributed by atoms with Crippen LogP contribution in [0.25, 0.3) is 0 Å². The lowest BCUT2D eigenvalue weighted by atomic mass is 9.40. The molecule has 4 nitrogen and oxygen atoms in total. The Kier molecular flexibility index (Phi) is 3.95. The van der Waals surface area contributed by atoms with Gasteiger partial charge in [0.1, 0.15) is 17.7 Å². The van der Waals surface area contributed by atoms with Crippen LogP contribution >= 0.6 is 0 Å². The van der Waals surface area contributed by atoms with Gasteiger partial charge in [-0.1, -0.05) is 20.8 Å². The molecule has 0 bridgehead atoms. The fourth-order valence-corrected chi connectivity index (χ4v) is 7.49. The van der Waals surface area contributed by atoms with Crippen molar-refractivity contribution < 1.29 is 19.1 Å². The number of ketones is 2. The van der Waals surface area contributed by atoms with Crippen LogP contribution in [0.2, 0.25) is 0 Å². The minimum absolute atomic E-state index is 0.0147. The van der Waals surface area contributed by atoms with E-state index in [-0.39, 0.29) is 28.8 Å². The minimum atomic E-state index is -0.405. The molecule has 4 saturated carbocycles. The molecule has 0 amide bonds. The second-order valence-corrected chi connectivity index (χ2v) is 10.3. The maximum Gasteiger partial charge on any atom is 0.302 e. The Bertz CT molecular complexity index is 669. The molecule has 7 atom stereocenters. The standard InChI is InChI=1S/C22H32O4/c1-13(23)26-14-7-10-22(4)19-15(8-9-20(22,2)11-14)16-5-6-18(25)21(16,3)12-17(19)24/h14-16,19H,5-12H2,1-4H3/t14-,15-,16-,19+,20-,21+,22+/m0/s1. The van der Waals surface area contributed by atoms with Crippen molar-refractivity contribution in [3.63, 3.8) is 0 Å². The lowest BCUT2D eigenvalue weighted by Gasteiger charge is -2.63. The van der Waals surface area contributed by atoms with Crippen LogP contribution in [0.5, 0.6) is 0 Å². The Morgan fingerprint density at radius 1 is 1.08 bits per heavy atom. The van der Waals surface area contributed by atoms with Crippen LogP contribution in [0.15, 0.2) is 0 Å². The van der Waals surface area contributed by atoms with Gasteiger partial charge in [0.15, 0.2) is 0 Å². The molecule has 144 valence electrons. The minimum Gasteiger partial charge on any atom is -0.463 e. The SMILES string of the molecule is CC(=O)O[C@H]1CC[C@]2(C)[C@H]3C(=O)C[C@@]4(C)C(=O)CC[C@H]4[C@@H]3CC[C@@]2(C)C1. The Morgan fingerprint density at radius 2 is 1.81 bits per heavy atom. The van der Waals surface area contributed by atoms with E-state index in [0.717, 1.165) is 38.5 Å². The van der Waals surface area contributed by atoms with Crippen LogP contribution in [-0.2, 0) is 19.1 Å². The molecule has 0 aromatic rings. The lowest BCUT2D eigenvalue weighted by Crippen LogP contribution is -2.61. The highest BCUT2D eigenvalue weighted by Gasteiger charge is 2.66. The number of rotatable bonds is 1. The molecule has 0 aromatic carbocycles. The molecule has 0 spiro atoms. The molecule has 0 saturated heterocycles. The summed E-state index contributed by atoms with van der Waals surface area (Å²) in [5, 5.41) is 0. The van der Waals surface area contributed by atoms with Crippen LogP contribution in [0.4, 0.5) is 0 Å². The highest BCUT2D eigenvalue weighted by molar-refractivity contribution is 5.95. The van der Waals surface area contributed by atoms with Crippen molar-refractivity contribution in [2.45, 2.75) is 85.2 Å². The summed E-state index contributed by atoms with van der Waals surface area (Å²) in [5.41, 5.74) is -0.424. The zero-order chi connectivity index (χ0) is 18.9. The lowest BCUT2D eigenvalue weighted by molar-refractivity contribution is -0.186. The van der Waals surface area contributed by atoms with Crippen LogP contribution in [-0.4, -0.2) is 23.6 Å². The topological polar surface area (TPSA) is 60.4 Å². The number of fused-ring (bicyclic) bond motifs is 5. The van der Waals surface area contributed by atoms with Crippen LogP contribution in [0.3, 0.4) is 0 Å². The van der Waals surface area contributed by atoms with Gasteiger partial charge in [0, 0.05) is 31.1 Å². The van der Waals surface area contributed by atoms with Crippen molar-refractivity contribution in [2.24, 2.45) is 34.0 Å². The summed E-state index contributed by atoms with van der Waals surface area (Å²) in [6.45, 7) is 8.15. The van der Waals surface area contributed by atoms with E-state index in [2.05, 4.69) is 20.8 Å². The molecule has 4 aliphatic rings. The third-order valence-corrected chi connectivity index (χ3v) is 9.06. The second kappa shape index (κ2) is 5.65. The van der Waals surface area contributed by atoms with E-state index < -0.39 is 5.41 Å². The van der Waals surface area contributed by atoms with Gasteiger partial charge >= 0.3 is 5.97 Å². The van der Waals surface area contributed by atoms with E-state index in [1.54, 1.807) is 0 Å². The summed E-state index contributed by atoms with van der Waals surface area (Å²) in [6, 6.07) is 0. The fraction of sp³-hybridized carbons (Fsp3) is 0.864. The summed E-state index contributed by atoms with van der Waals surface area (Å²) in [5.74, 6) is 1.24.